The van der Waals surface area contributed by atoms with E-state index in [2.05, 4.69) is 15.9 Å². The number of hydrogen-bond acceptors (Lipinski definition) is 4. The molecule has 1 unspecified atom stereocenters. The van der Waals surface area contributed by atoms with E-state index < -0.39 is 27.5 Å². The van der Waals surface area contributed by atoms with Crippen LogP contribution in [0.25, 0.3) is 0 Å². The Kier molecular flexibility index (Phi) is 3.05. The van der Waals surface area contributed by atoms with Crippen LogP contribution in [0.1, 0.15) is 21.3 Å². The minimum absolute atomic E-state index is 0.0240. The number of methoxy groups -OCH3 is 1. The lowest BCUT2D eigenvalue weighted by atomic mass is 10.1. The average Bonchev–Trinajstić information content (AvgIpc) is 2.34. The van der Waals surface area contributed by atoms with Crippen molar-refractivity contribution in [3.8, 4) is 5.75 Å². The number of nitrogens with two attached hydrogens (primary N) is 1. The summed E-state index contributed by atoms with van der Waals surface area (Å²) >= 11 is 2.79. The Bertz CT molecular complexity index is 630. The molecule has 0 fully saturated rings. The quantitative estimate of drug-likeness (QED) is 0.668. The van der Waals surface area contributed by atoms with Crippen LogP contribution in [0, 0.1) is 0 Å². The predicted molar refractivity (Wildman–Crippen MR) is 67.1 cm³/mol. The molecule has 1 aromatic carbocycles. The number of ether oxygens (including phenoxy) is 1. The number of halogens is 1. The van der Waals surface area contributed by atoms with Crippen molar-refractivity contribution in [1.29, 1.82) is 0 Å². The number of alkyl halides is 1. The fourth-order valence-corrected chi connectivity index (χ4v) is 2.19. The van der Waals surface area contributed by atoms with Crippen LogP contribution in [0.5, 0.6) is 5.75 Å². The molecule has 17 heavy (non-hydrogen) atoms. The first-order valence-corrected chi connectivity index (χ1v) is 6.84. The number of hydrogen-bond donors (Lipinski definition) is 1. The zero-order chi connectivity index (χ0) is 15.7. The van der Waals surface area contributed by atoms with Crippen LogP contribution in [0.4, 0.5) is 0 Å². The summed E-state index contributed by atoms with van der Waals surface area (Å²) in [6, 6.07) is 3.51. The maximum atomic E-state index is 12.0. The van der Waals surface area contributed by atoms with Gasteiger partial charge in [-0.25, -0.2) is 13.6 Å². The molecule has 0 saturated carbocycles. The second-order valence-corrected chi connectivity index (χ2v) is 5.58. The third kappa shape index (κ3) is 3.27. The molecule has 0 aliphatic heterocycles. The van der Waals surface area contributed by atoms with Crippen molar-refractivity contribution in [2.24, 2.45) is 5.14 Å². The Balaban J connectivity index is 3.33. The lowest BCUT2D eigenvalue weighted by molar-refractivity contribution is 0.0995. The Morgan fingerprint density at radius 2 is 2.24 bits per heavy atom. The van der Waals surface area contributed by atoms with Crippen molar-refractivity contribution in [3.05, 3.63) is 23.8 Å². The van der Waals surface area contributed by atoms with E-state index in [1.807, 2.05) is 0 Å². The van der Waals surface area contributed by atoms with Crippen LogP contribution in [-0.4, -0.2) is 26.1 Å². The summed E-state index contributed by atoms with van der Waals surface area (Å²) in [7, 11) is -2.84. The van der Waals surface area contributed by atoms with Crippen molar-refractivity contribution in [2.45, 2.75) is 16.6 Å². The molecule has 5 nitrogen and oxygen atoms in total. The van der Waals surface area contributed by atoms with Gasteiger partial charge < -0.3 is 4.74 Å². The molecule has 0 bridgehead atoms. The fourth-order valence-electron chi connectivity index (χ4n) is 1.20. The highest BCUT2D eigenvalue weighted by Gasteiger charge is 2.19. The molecule has 2 N–H and O–H groups in total. The molecule has 1 atom stereocenters. The summed E-state index contributed by atoms with van der Waals surface area (Å²) in [5.41, 5.74) is -0.0900. The van der Waals surface area contributed by atoms with Crippen molar-refractivity contribution in [2.75, 3.05) is 7.11 Å². The fraction of sp³-hybridized carbons (Fsp3) is 0.300. The van der Waals surface area contributed by atoms with Gasteiger partial charge in [-0.3, -0.25) is 4.79 Å². The number of carbonyl (C=O) groups excluding carboxylic acids is 1. The van der Waals surface area contributed by atoms with Crippen LogP contribution >= 0.6 is 15.9 Å². The number of rotatable bonds is 4. The SMILES string of the molecule is [2H]C([2H])([2H])C(Br)C(=O)c1ccc(OC)c(S(N)(=O)=O)c1. The van der Waals surface area contributed by atoms with Gasteiger partial charge in [0.15, 0.2) is 5.78 Å². The molecule has 1 aromatic rings. The highest BCUT2D eigenvalue weighted by Crippen LogP contribution is 2.24. The van der Waals surface area contributed by atoms with E-state index in [0.717, 1.165) is 6.07 Å². The first kappa shape index (κ1) is 10.0. The smallest absolute Gasteiger partial charge is 0.241 e. The van der Waals surface area contributed by atoms with Gasteiger partial charge in [0.05, 0.1) is 11.9 Å². The van der Waals surface area contributed by atoms with Crippen molar-refractivity contribution < 1.29 is 22.1 Å². The number of benzene rings is 1. The number of sulfonamides is 1. The molecular weight excluding hydrogens is 310 g/mol. The molecule has 7 heteroatoms. The Morgan fingerprint density at radius 1 is 1.59 bits per heavy atom. The summed E-state index contributed by atoms with van der Waals surface area (Å²) in [6.07, 6.45) is 0. The average molecular weight is 325 g/mol. The van der Waals surface area contributed by atoms with E-state index in [1.165, 1.54) is 19.2 Å². The molecule has 94 valence electrons. The maximum Gasteiger partial charge on any atom is 0.241 e. The highest BCUT2D eigenvalue weighted by molar-refractivity contribution is 9.10. The zero-order valence-electron chi connectivity index (χ0n) is 11.8. The van der Waals surface area contributed by atoms with Gasteiger partial charge in [0, 0.05) is 9.68 Å². The summed E-state index contributed by atoms with van der Waals surface area (Å²) in [5, 5.41) is 5.02. The third-order valence-corrected chi connectivity index (χ3v) is 3.33. The first-order valence-electron chi connectivity index (χ1n) is 5.87. The van der Waals surface area contributed by atoms with Crippen LogP contribution < -0.4 is 9.88 Å². The molecule has 0 aromatic heterocycles. The Morgan fingerprint density at radius 3 is 2.71 bits per heavy atom. The van der Waals surface area contributed by atoms with Crippen LogP contribution in [0.2, 0.25) is 0 Å². The molecule has 1 rings (SSSR count). The van der Waals surface area contributed by atoms with Crippen molar-refractivity contribution in [1.82, 2.24) is 0 Å². The standard InChI is InChI=1S/C10H12BrNO4S/c1-6(11)10(13)7-3-4-8(16-2)9(5-7)17(12,14)15/h3-6H,1-2H3,(H2,12,14,15)/i1D3. The Labute approximate surface area is 112 Å². The molecule has 0 saturated heterocycles. The largest absolute Gasteiger partial charge is 0.495 e. The van der Waals surface area contributed by atoms with E-state index in [-0.39, 0.29) is 16.2 Å². The lowest BCUT2D eigenvalue weighted by Gasteiger charge is -2.09. The predicted octanol–water partition coefficient (Wildman–Crippen LogP) is 1.31. The molecule has 0 spiro atoms. The number of Topliss-reactive ketones (excluding diaryl/α,β-unsaturated/α-hetero) is 1. The van der Waals surface area contributed by atoms with E-state index in [1.54, 1.807) is 0 Å². The van der Waals surface area contributed by atoms with E-state index in [0.29, 0.717) is 0 Å². The number of ketones is 1. The summed E-state index contributed by atoms with van der Waals surface area (Å²) in [5.74, 6) is -0.790. The van der Waals surface area contributed by atoms with Gasteiger partial charge >= 0.3 is 0 Å². The second kappa shape index (κ2) is 5.16. The van der Waals surface area contributed by atoms with Crippen LogP contribution in [0.3, 0.4) is 0 Å². The third-order valence-electron chi connectivity index (χ3n) is 1.98. The molecular formula is C10H12BrNO4S. The van der Waals surface area contributed by atoms with Crippen molar-refractivity contribution >= 4 is 31.7 Å². The monoisotopic (exact) mass is 324 g/mol. The molecule has 0 heterocycles. The van der Waals surface area contributed by atoms with Crippen LogP contribution in [-0.2, 0) is 10.0 Å². The zero-order valence-corrected chi connectivity index (χ0v) is 11.2. The van der Waals surface area contributed by atoms with E-state index >= 15 is 0 Å². The maximum absolute atomic E-state index is 12.0. The van der Waals surface area contributed by atoms with Gasteiger partial charge in [0.25, 0.3) is 0 Å². The van der Waals surface area contributed by atoms with Gasteiger partial charge in [-0.15, -0.1) is 0 Å². The van der Waals surface area contributed by atoms with Crippen molar-refractivity contribution in [3.63, 3.8) is 0 Å². The topological polar surface area (TPSA) is 86.5 Å². The minimum atomic E-state index is -4.10. The summed E-state index contributed by atoms with van der Waals surface area (Å²) in [6.45, 7) is -2.54. The normalized spacial score (nSPS) is 16.5. The Hall–Kier alpha value is -0.920. The molecule has 0 amide bonds. The second-order valence-electron chi connectivity index (χ2n) is 3.14. The van der Waals surface area contributed by atoms with Gasteiger partial charge in [0.2, 0.25) is 10.0 Å². The first-order chi connectivity index (χ1) is 8.98. The van der Waals surface area contributed by atoms with E-state index in [9.17, 15) is 13.2 Å². The number of primary sulfonamides is 1. The van der Waals surface area contributed by atoms with Crippen LogP contribution in [0.15, 0.2) is 23.1 Å². The summed E-state index contributed by atoms with van der Waals surface area (Å²) < 4.78 is 49.2. The molecule has 0 aliphatic rings. The minimum Gasteiger partial charge on any atom is -0.495 e. The molecule has 0 aliphatic carbocycles. The van der Waals surface area contributed by atoms with Gasteiger partial charge in [-0.05, 0) is 25.1 Å². The molecule has 0 radical (unpaired) electrons. The highest BCUT2D eigenvalue weighted by atomic mass is 79.9. The number of carbonyl (C=O) groups is 1. The summed E-state index contributed by atoms with van der Waals surface area (Å²) in [4.78, 5) is 10.2. The lowest BCUT2D eigenvalue weighted by Crippen LogP contribution is -2.16. The van der Waals surface area contributed by atoms with Gasteiger partial charge in [0.1, 0.15) is 10.6 Å². The van der Waals surface area contributed by atoms with Gasteiger partial charge in [-0.2, -0.15) is 0 Å². The van der Waals surface area contributed by atoms with Gasteiger partial charge in [-0.1, -0.05) is 15.9 Å². The van der Waals surface area contributed by atoms with E-state index in [4.69, 9.17) is 14.0 Å².